The van der Waals surface area contributed by atoms with Crippen LogP contribution in [0.1, 0.15) is 0 Å². The molecule has 0 aliphatic carbocycles. The molecule has 0 aliphatic heterocycles. The summed E-state index contributed by atoms with van der Waals surface area (Å²) in [5.74, 6) is -2.12. The minimum Gasteiger partial charge on any atom is -0.242 e. The third kappa shape index (κ3) is 1.93. The predicted molar refractivity (Wildman–Crippen MR) is 65.6 cm³/mol. The largest absolute Gasteiger partial charge is 0.248 e. The number of thiazole rings is 1. The van der Waals surface area contributed by atoms with E-state index in [0.717, 1.165) is 10.8 Å². The van der Waals surface area contributed by atoms with Crippen molar-refractivity contribution >= 4 is 33.2 Å². The predicted octanol–water partition coefficient (Wildman–Crippen LogP) is 3.68. The summed E-state index contributed by atoms with van der Waals surface area (Å²) in [7, 11) is 0. The standard InChI is InChI=1S/C11H4ClF2N3S/c12-9-2-8-7(4-15-9)17-11(18-8)5-1-6(13)10(14)16-3-5/h1-4H. The first-order valence-corrected chi connectivity index (χ1v) is 6.06. The molecular formula is C11H4ClF2N3S. The zero-order valence-electron chi connectivity index (χ0n) is 8.69. The number of rotatable bonds is 1. The first kappa shape index (κ1) is 11.4. The van der Waals surface area contributed by atoms with Gasteiger partial charge in [-0.3, -0.25) is 0 Å². The van der Waals surface area contributed by atoms with Crippen LogP contribution >= 0.6 is 22.9 Å². The highest BCUT2D eigenvalue weighted by Gasteiger charge is 2.10. The molecule has 3 aromatic rings. The van der Waals surface area contributed by atoms with Crippen molar-refractivity contribution in [1.82, 2.24) is 15.0 Å². The van der Waals surface area contributed by atoms with E-state index in [4.69, 9.17) is 11.6 Å². The SMILES string of the molecule is Fc1cc(-c2nc3cnc(Cl)cc3s2)cnc1F. The van der Waals surface area contributed by atoms with Gasteiger partial charge in [-0.05, 0) is 12.1 Å². The summed E-state index contributed by atoms with van der Waals surface area (Å²) >= 11 is 7.08. The van der Waals surface area contributed by atoms with E-state index < -0.39 is 11.8 Å². The molecule has 0 amide bonds. The summed E-state index contributed by atoms with van der Waals surface area (Å²) < 4.78 is 26.7. The van der Waals surface area contributed by atoms with Gasteiger partial charge in [0.2, 0.25) is 5.95 Å². The highest BCUT2D eigenvalue weighted by Crippen LogP contribution is 2.30. The lowest BCUT2D eigenvalue weighted by Gasteiger charge is -1.95. The number of hydrogen-bond acceptors (Lipinski definition) is 4. The Bertz CT molecular complexity index is 744. The van der Waals surface area contributed by atoms with E-state index in [-0.39, 0.29) is 0 Å². The fraction of sp³-hybridized carbons (Fsp3) is 0. The van der Waals surface area contributed by atoms with E-state index >= 15 is 0 Å². The molecule has 0 atom stereocenters. The summed E-state index contributed by atoms with van der Waals surface area (Å²) in [6.07, 6.45) is 2.77. The number of pyridine rings is 2. The Kier molecular flexibility index (Phi) is 2.68. The van der Waals surface area contributed by atoms with E-state index in [1.54, 1.807) is 6.07 Å². The Morgan fingerprint density at radius 2 is 1.94 bits per heavy atom. The molecule has 0 N–H and O–H groups in total. The van der Waals surface area contributed by atoms with Crippen molar-refractivity contribution in [3.05, 3.63) is 41.4 Å². The molecule has 0 unspecified atom stereocenters. The van der Waals surface area contributed by atoms with Crippen LogP contribution < -0.4 is 0 Å². The quantitative estimate of drug-likeness (QED) is 0.639. The fourth-order valence-electron chi connectivity index (χ4n) is 1.47. The third-order valence-electron chi connectivity index (χ3n) is 2.28. The molecule has 3 aromatic heterocycles. The van der Waals surface area contributed by atoms with Crippen LogP contribution in [0, 0.1) is 11.8 Å². The minimum absolute atomic E-state index is 0.362. The zero-order chi connectivity index (χ0) is 12.7. The molecule has 0 bridgehead atoms. The first-order chi connectivity index (χ1) is 8.63. The van der Waals surface area contributed by atoms with Crippen LogP contribution in [0.3, 0.4) is 0 Å². The number of aromatic nitrogens is 3. The second kappa shape index (κ2) is 4.22. The summed E-state index contributed by atoms with van der Waals surface area (Å²) in [5, 5.41) is 0.904. The molecule has 7 heteroatoms. The van der Waals surface area contributed by atoms with Gasteiger partial charge >= 0.3 is 0 Å². The van der Waals surface area contributed by atoms with E-state index in [1.165, 1.54) is 23.7 Å². The maximum absolute atomic E-state index is 13.1. The molecule has 0 saturated heterocycles. The highest BCUT2D eigenvalue weighted by molar-refractivity contribution is 7.21. The van der Waals surface area contributed by atoms with Gasteiger partial charge in [-0.15, -0.1) is 11.3 Å². The zero-order valence-corrected chi connectivity index (χ0v) is 10.3. The van der Waals surface area contributed by atoms with Crippen molar-refractivity contribution in [2.75, 3.05) is 0 Å². The molecular weight excluding hydrogens is 280 g/mol. The summed E-state index contributed by atoms with van der Waals surface area (Å²) in [6, 6.07) is 2.74. The van der Waals surface area contributed by atoms with Gasteiger partial charge < -0.3 is 0 Å². The Labute approximate surface area is 109 Å². The molecule has 3 heterocycles. The van der Waals surface area contributed by atoms with Crippen LogP contribution in [0.4, 0.5) is 8.78 Å². The van der Waals surface area contributed by atoms with Gasteiger partial charge in [0.25, 0.3) is 0 Å². The molecule has 0 aliphatic rings. The second-order valence-corrected chi connectivity index (χ2v) is 4.91. The maximum atomic E-state index is 13.1. The smallest absolute Gasteiger partial charge is 0.242 e. The van der Waals surface area contributed by atoms with Crippen molar-refractivity contribution < 1.29 is 8.78 Å². The number of hydrogen-bond donors (Lipinski definition) is 0. The average molecular weight is 284 g/mol. The Balaban J connectivity index is 2.16. The minimum atomic E-state index is -1.12. The van der Waals surface area contributed by atoms with E-state index in [1.807, 2.05) is 0 Å². The fourth-order valence-corrected chi connectivity index (χ4v) is 2.65. The topological polar surface area (TPSA) is 38.7 Å². The molecule has 3 nitrogen and oxygen atoms in total. The summed E-state index contributed by atoms with van der Waals surface area (Å²) in [5.41, 5.74) is 1.08. The molecule has 18 heavy (non-hydrogen) atoms. The lowest BCUT2D eigenvalue weighted by molar-refractivity contribution is 0.480. The Morgan fingerprint density at radius 1 is 1.11 bits per heavy atom. The second-order valence-electron chi connectivity index (χ2n) is 3.49. The van der Waals surface area contributed by atoms with Crippen molar-refractivity contribution in [3.63, 3.8) is 0 Å². The number of fused-ring (bicyclic) bond motifs is 1. The van der Waals surface area contributed by atoms with Gasteiger partial charge in [-0.1, -0.05) is 11.6 Å². The molecule has 0 spiro atoms. The van der Waals surface area contributed by atoms with Gasteiger partial charge in [-0.25, -0.2) is 19.3 Å². The van der Waals surface area contributed by atoms with Gasteiger partial charge in [0.15, 0.2) is 5.82 Å². The number of nitrogens with zero attached hydrogens (tertiary/aromatic N) is 3. The molecule has 90 valence electrons. The molecule has 0 aromatic carbocycles. The van der Waals surface area contributed by atoms with Crippen molar-refractivity contribution in [2.24, 2.45) is 0 Å². The molecule has 0 fully saturated rings. The van der Waals surface area contributed by atoms with Gasteiger partial charge in [-0.2, -0.15) is 4.39 Å². The first-order valence-electron chi connectivity index (χ1n) is 4.87. The van der Waals surface area contributed by atoms with E-state index in [9.17, 15) is 8.78 Å². The summed E-state index contributed by atoms with van der Waals surface area (Å²) in [6.45, 7) is 0. The molecule has 0 saturated carbocycles. The maximum Gasteiger partial charge on any atom is 0.248 e. The highest BCUT2D eigenvalue weighted by atomic mass is 35.5. The van der Waals surface area contributed by atoms with Crippen LogP contribution in [-0.2, 0) is 0 Å². The van der Waals surface area contributed by atoms with E-state index in [0.29, 0.717) is 21.2 Å². The Hall–Kier alpha value is -1.66. The van der Waals surface area contributed by atoms with Crippen LogP contribution in [-0.4, -0.2) is 15.0 Å². The van der Waals surface area contributed by atoms with Crippen LogP contribution in [0.25, 0.3) is 20.8 Å². The van der Waals surface area contributed by atoms with Crippen molar-refractivity contribution in [3.8, 4) is 10.6 Å². The van der Waals surface area contributed by atoms with Crippen molar-refractivity contribution in [1.29, 1.82) is 0 Å². The normalized spacial score (nSPS) is 11.1. The lowest BCUT2D eigenvalue weighted by Crippen LogP contribution is -1.89. The van der Waals surface area contributed by atoms with Gasteiger partial charge in [0.05, 0.1) is 10.9 Å². The van der Waals surface area contributed by atoms with Crippen molar-refractivity contribution in [2.45, 2.75) is 0 Å². The van der Waals surface area contributed by atoms with Gasteiger partial charge in [0, 0.05) is 11.8 Å². The monoisotopic (exact) mass is 283 g/mol. The molecule has 3 rings (SSSR count). The Morgan fingerprint density at radius 3 is 2.72 bits per heavy atom. The number of halogens is 3. The van der Waals surface area contributed by atoms with Crippen LogP contribution in [0.2, 0.25) is 5.15 Å². The third-order valence-corrected chi connectivity index (χ3v) is 3.56. The van der Waals surface area contributed by atoms with Crippen LogP contribution in [0.15, 0.2) is 24.5 Å². The van der Waals surface area contributed by atoms with Crippen LogP contribution in [0.5, 0.6) is 0 Å². The van der Waals surface area contributed by atoms with E-state index in [2.05, 4.69) is 15.0 Å². The molecule has 0 radical (unpaired) electrons. The van der Waals surface area contributed by atoms with Gasteiger partial charge in [0.1, 0.15) is 15.7 Å². The lowest BCUT2D eigenvalue weighted by atomic mass is 10.3. The average Bonchev–Trinajstić information content (AvgIpc) is 2.75. The summed E-state index contributed by atoms with van der Waals surface area (Å²) in [4.78, 5) is 11.5.